The molecule has 0 aliphatic carbocycles. The summed E-state index contributed by atoms with van der Waals surface area (Å²) in [6.07, 6.45) is 1.05. The molecule has 0 fully saturated rings. The SMILES string of the molecule is Cc1ccc(C(=O)c2ccc(CC(C)C)cc2)c(C)c1. The average Bonchev–Trinajstić information content (AvgIpc) is 2.38. The number of benzene rings is 2. The van der Waals surface area contributed by atoms with E-state index in [-0.39, 0.29) is 5.78 Å². The number of carbonyl (C=O) groups is 1. The molecule has 0 aliphatic rings. The topological polar surface area (TPSA) is 17.1 Å². The summed E-state index contributed by atoms with van der Waals surface area (Å²) in [5.74, 6) is 0.745. The molecule has 0 amide bonds. The Balaban J connectivity index is 2.25. The predicted molar refractivity (Wildman–Crippen MR) is 84.3 cm³/mol. The lowest BCUT2D eigenvalue weighted by atomic mass is 9.95. The third-order valence-corrected chi connectivity index (χ3v) is 3.49. The number of aryl methyl sites for hydroxylation is 2. The van der Waals surface area contributed by atoms with Crippen LogP contribution in [0.25, 0.3) is 0 Å². The number of hydrogen-bond donors (Lipinski definition) is 0. The minimum absolute atomic E-state index is 0.110. The van der Waals surface area contributed by atoms with E-state index in [2.05, 4.69) is 32.0 Å². The molecule has 0 aliphatic heterocycles. The van der Waals surface area contributed by atoms with Crippen LogP contribution in [0.15, 0.2) is 42.5 Å². The Labute approximate surface area is 121 Å². The minimum atomic E-state index is 0.110. The molecule has 0 bridgehead atoms. The second kappa shape index (κ2) is 6.04. The van der Waals surface area contributed by atoms with Gasteiger partial charge >= 0.3 is 0 Å². The highest BCUT2D eigenvalue weighted by Crippen LogP contribution is 2.17. The third kappa shape index (κ3) is 3.36. The summed E-state index contributed by atoms with van der Waals surface area (Å²) in [7, 11) is 0. The van der Waals surface area contributed by atoms with Crippen LogP contribution in [0.5, 0.6) is 0 Å². The van der Waals surface area contributed by atoms with Crippen molar-refractivity contribution in [2.75, 3.05) is 0 Å². The van der Waals surface area contributed by atoms with Gasteiger partial charge in [0.15, 0.2) is 5.78 Å². The van der Waals surface area contributed by atoms with Crippen LogP contribution in [-0.2, 0) is 6.42 Å². The summed E-state index contributed by atoms with van der Waals surface area (Å²) in [4.78, 5) is 12.5. The number of ketones is 1. The highest BCUT2D eigenvalue weighted by atomic mass is 16.1. The van der Waals surface area contributed by atoms with E-state index in [0.29, 0.717) is 5.92 Å². The van der Waals surface area contributed by atoms with Gasteiger partial charge in [0.05, 0.1) is 0 Å². The van der Waals surface area contributed by atoms with Crippen molar-refractivity contribution in [3.05, 3.63) is 70.3 Å². The zero-order chi connectivity index (χ0) is 14.7. The molecule has 0 unspecified atom stereocenters. The summed E-state index contributed by atoms with van der Waals surface area (Å²) in [5, 5.41) is 0. The summed E-state index contributed by atoms with van der Waals surface area (Å²) in [5.41, 5.74) is 5.08. The fourth-order valence-electron chi connectivity index (χ4n) is 2.49. The van der Waals surface area contributed by atoms with Crippen LogP contribution in [-0.4, -0.2) is 5.78 Å². The molecule has 1 nitrogen and oxygen atoms in total. The zero-order valence-electron chi connectivity index (χ0n) is 12.7. The van der Waals surface area contributed by atoms with Gasteiger partial charge in [0, 0.05) is 11.1 Å². The van der Waals surface area contributed by atoms with E-state index in [0.717, 1.165) is 23.1 Å². The average molecular weight is 266 g/mol. The standard InChI is InChI=1S/C19H22O/c1-13(2)11-16-6-8-17(9-7-16)19(20)18-10-5-14(3)12-15(18)4/h5-10,12-13H,11H2,1-4H3. The van der Waals surface area contributed by atoms with Crippen LogP contribution >= 0.6 is 0 Å². The van der Waals surface area contributed by atoms with Crippen molar-refractivity contribution >= 4 is 5.78 Å². The maximum absolute atomic E-state index is 12.5. The van der Waals surface area contributed by atoms with Gasteiger partial charge < -0.3 is 0 Å². The largest absolute Gasteiger partial charge is 0.289 e. The molecule has 2 aromatic rings. The van der Waals surface area contributed by atoms with Gasteiger partial charge in [-0.25, -0.2) is 0 Å². The van der Waals surface area contributed by atoms with Crippen LogP contribution in [0.3, 0.4) is 0 Å². The zero-order valence-corrected chi connectivity index (χ0v) is 12.7. The molecular formula is C19H22O. The molecule has 0 saturated carbocycles. The lowest BCUT2D eigenvalue weighted by molar-refractivity contribution is 0.103. The number of hydrogen-bond acceptors (Lipinski definition) is 1. The Kier molecular flexibility index (Phi) is 4.39. The maximum atomic E-state index is 12.5. The molecule has 2 aromatic carbocycles. The summed E-state index contributed by atoms with van der Waals surface area (Å²) < 4.78 is 0. The minimum Gasteiger partial charge on any atom is -0.289 e. The number of rotatable bonds is 4. The van der Waals surface area contributed by atoms with Gasteiger partial charge in [-0.3, -0.25) is 4.79 Å². The molecule has 104 valence electrons. The first-order chi connectivity index (χ1) is 9.47. The summed E-state index contributed by atoms with van der Waals surface area (Å²) in [6, 6.07) is 14.0. The molecular weight excluding hydrogens is 244 g/mol. The van der Waals surface area contributed by atoms with E-state index >= 15 is 0 Å². The molecule has 2 rings (SSSR count). The van der Waals surface area contributed by atoms with Gasteiger partial charge in [-0.1, -0.05) is 61.9 Å². The summed E-state index contributed by atoms with van der Waals surface area (Å²) in [6.45, 7) is 8.44. The molecule has 0 aromatic heterocycles. The molecule has 0 saturated heterocycles. The van der Waals surface area contributed by atoms with Crippen molar-refractivity contribution in [2.24, 2.45) is 5.92 Å². The van der Waals surface area contributed by atoms with E-state index in [4.69, 9.17) is 0 Å². The van der Waals surface area contributed by atoms with E-state index in [1.54, 1.807) is 0 Å². The first-order valence-electron chi connectivity index (χ1n) is 7.18. The molecule has 0 atom stereocenters. The fourth-order valence-corrected chi connectivity index (χ4v) is 2.49. The fraction of sp³-hybridized carbons (Fsp3) is 0.316. The molecule has 0 spiro atoms. The van der Waals surface area contributed by atoms with Crippen molar-refractivity contribution in [1.29, 1.82) is 0 Å². The first kappa shape index (κ1) is 14.5. The van der Waals surface area contributed by atoms with E-state index in [9.17, 15) is 4.79 Å². The van der Waals surface area contributed by atoms with Crippen molar-refractivity contribution in [3.8, 4) is 0 Å². The Bertz CT molecular complexity index is 606. The Morgan fingerprint density at radius 2 is 1.65 bits per heavy atom. The maximum Gasteiger partial charge on any atom is 0.193 e. The van der Waals surface area contributed by atoms with E-state index < -0.39 is 0 Å². The first-order valence-corrected chi connectivity index (χ1v) is 7.18. The van der Waals surface area contributed by atoms with E-state index in [1.807, 2.05) is 38.1 Å². The van der Waals surface area contributed by atoms with E-state index in [1.165, 1.54) is 11.1 Å². The Morgan fingerprint density at radius 1 is 1.00 bits per heavy atom. The second-order valence-corrected chi connectivity index (χ2v) is 5.94. The van der Waals surface area contributed by atoms with Gasteiger partial charge in [-0.05, 0) is 37.3 Å². The van der Waals surface area contributed by atoms with Crippen LogP contribution in [0, 0.1) is 19.8 Å². The van der Waals surface area contributed by atoms with Crippen molar-refractivity contribution < 1.29 is 4.79 Å². The monoisotopic (exact) mass is 266 g/mol. The lowest BCUT2D eigenvalue weighted by Crippen LogP contribution is -2.04. The predicted octanol–water partition coefficient (Wildman–Crippen LogP) is 4.73. The van der Waals surface area contributed by atoms with Crippen LogP contribution in [0.4, 0.5) is 0 Å². The molecule has 20 heavy (non-hydrogen) atoms. The molecule has 0 N–H and O–H groups in total. The third-order valence-electron chi connectivity index (χ3n) is 3.49. The molecule has 0 heterocycles. The van der Waals surface area contributed by atoms with Crippen molar-refractivity contribution in [1.82, 2.24) is 0 Å². The second-order valence-electron chi connectivity index (χ2n) is 5.94. The quantitative estimate of drug-likeness (QED) is 0.731. The Hall–Kier alpha value is -1.89. The van der Waals surface area contributed by atoms with Gasteiger partial charge in [0.2, 0.25) is 0 Å². The van der Waals surface area contributed by atoms with Gasteiger partial charge in [0.1, 0.15) is 0 Å². The van der Waals surface area contributed by atoms with Crippen molar-refractivity contribution in [2.45, 2.75) is 34.1 Å². The molecule has 0 radical (unpaired) electrons. The highest BCUT2D eigenvalue weighted by molar-refractivity contribution is 6.09. The smallest absolute Gasteiger partial charge is 0.193 e. The normalized spacial score (nSPS) is 10.8. The van der Waals surface area contributed by atoms with Crippen molar-refractivity contribution in [3.63, 3.8) is 0 Å². The molecule has 1 heteroatoms. The number of carbonyl (C=O) groups excluding carboxylic acids is 1. The summed E-state index contributed by atoms with van der Waals surface area (Å²) >= 11 is 0. The van der Waals surface area contributed by atoms with Gasteiger partial charge in [-0.2, -0.15) is 0 Å². The van der Waals surface area contributed by atoms with Crippen LogP contribution in [0.1, 0.15) is 46.5 Å². The lowest BCUT2D eigenvalue weighted by Gasteiger charge is -2.08. The van der Waals surface area contributed by atoms with Gasteiger partial charge in [0.25, 0.3) is 0 Å². The van der Waals surface area contributed by atoms with Gasteiger partial charge in [-0.15, -0.1) is 0 Å². The highest BCUT2D eigenvalue weighted by Gasteiger charge is 2.11. The Morgan fingerprint density at radius 3 is 2.20 bits per heavy atom. The van der Waals surface area contributed by atoms with Crippen LogP contribution in [0.2, 0.25) is 0 Å². The van der Waals surface area contributed by atoms with Crippen LogP contribution < -0.4 is 0 Å².